The fourth-order valence-corrected chi connectivity index (χ4v) is 2.00. The van der Waals surface area contributed by atoms with Gasteiger partial charge in [-0.1, -0.05) is 18.2 Å². The average molecular weight is 222 g/mol. The van der Waals surface area contributed by atoms with Crippen molar-refractivity contribution in [2.24, 2.45) is 0 Å². The number of hydrogen-bond donors (Lipinski definition) is 0. The van der Waals surface area contributed by atoms with Crippen LogP contribution in [0.2, 0.25) is 0 Å². The molecule has 0 saturated heterocycles. The van der Waals surface area contributed by atoms with Gasteiger partial charge in [0.2, 0.25) is 0 Å². The molecule has 84 valence electrons. The third-order valence-corrected chi connectivity index (χ3v) is 3.14. The van der Waals surface area contributed by atoms with Gasteiger partial charge in [-0.25, -0.2) is 4.68 Å². The van der Waals surface area contributed by atoms with Gasteiger partial charge in [0.15, 0.2) is 0 Å². The zero-order chi connectivity index (χ0) is 11.8. The van der Waals surface area contributed by atoms with Crippen LogP contribution in [0.4, 0.5) is 0 Å². The third-order valence-electron chi connectivity index (χ3n) is 3.14. The molecule has 0 saturated carbocycles. The first-order valence-electron chi connectivity index (χ1n) is 5.76. The maximum absolute atomic E-state index is 4.60. The largest absolute Gasteiger partial charge is 0.240 e. The summed E-state index contributed by atoms with van der Waals surface area (Å²) in [4.78, 5) is 0. The van der Waals surface area contributed by atoms with E-state index in [1.54, 1.807) is 0 Å². The van der Waals surface area contributed by atoms with Gasteiger partial charge < -0.3 is 0 Å². The van der Waals surface area contributed by atoms with E-state index in [9.17, 15) is 0 Å². The van der Waals surface area contributed by atoms with Crippen molar-refractivity contribution in [2.45, 2.75) is 13.8 Å². The number of aromatic nitrogens is 2. The number of rotatable bonds is 1. The lowest BCUT2D eigenvalue weighted by atomic mass is 10.1. The Morgan fingerprint density at radius 1 is 0.941 bits per heavy atom. The summed E-state index contributed by atoms with van der Waals surface area (Å²) in [5.41, 5.74) is 4.75. The van der Waals surface area contributed by atoms with E-state index in [1.165, 1.54) is 16.5 Å². The number of aryl methyl sites for hydroxylation is 2. The van der Waals surface area contributed by atoms with E-state index in [2.05, 4.69) is 49.4 Å². The third kappa shape index (κ3) is 1.72. The molecule has 1 aromatic heterocycles. The van der Waals surface area contributed by atoms with Gasteiger partial charge in [0.05, 0.1) is 11.2 Å². The smallest absolute Gasteiger partial charge is 0.0930 e. The van der Waals surface area contributed by atoms with Gasteiger partial charge in [-0.05, 0) is 49.2 Å². The van der Waals surface area contributed by atoms with Gasteiger partial charge in [-0.2, -0.15) is 5.10 Å². The van der Waals surface area contributed by atoms with Gasteiger partial charge in [0, 0.05) is 11.6 Å². The highest BCUT2D eigenvalue weighted by molar-refractivity contribution is 5.80. The molecular formula is C15H14N2. The molecule has 0 bridgehead atoms. The van der Waals surface area contributed by atoms with E-state index < -0.39 is 0 Å². The predicted molar refractivity (Wildman–Crippen MR) is 70.5 cm³/mol. The molecule has 0 amide bonds. The molecule has 0 N–H and O–H groups in total. The zero-order valence-corrected chi connectivity index (χ0v) is 10.0. The summed E-state index contributed by atoms with van der Waals surface area (Å²) in [6, 6.07) is 14.5. The maximum atomic E-state index is 4.60. The van der Waals surface area contributed by atoms with Crippen LogP contribution in [0.1, 0.15) is 11.1 Å². The summed E-state index contributed by atoms with van der Waals surface area (Å²) in [5, 5.41) is 5.79. The Morgan fingerprint density at radius 3 is 2.41 bits per heavy atom. The molecule has 3 rings (SSSR count). The molecule has 0 aliphatic rings. The second kappa shape index (κ2) is 3.74. The van der Waals surface area contributed by atoms with Crippen LogP contribution in [0.3, 0.4) is 0 Å². The molecule has 0 aliphatic heterocycles. The number of nitrogens with zero attached hydrogens (tertiary/aromatic N) is 2. The van der Waals surface area contributed by atoms with Crippen molar-refractivity contribution >= 4 is 10.9 Å². The van der Waals surface area contributed by atoms with Gasteiger partial charge in [-0.15, -0.1) is 0 Å². The highest BCUT2D eigenvalue weighted by atomic mass is 15.3. The van der Waals surface area contributed by atoms with Crippen molar-refractivity contribution in [3.05, 3.63) is 59.8 Å². The Labute approximate surface area is 101 Å². The SMILES string of the molecule is Cc1cc2cn(-c3ccccc3)nc2cc1C. The monoisotopic (exact) mass is 222 g/mol. The maximum Gasteiger partial charge on any atom is 0.0930 e. The normalized spacial score (nSPS) is 10.9. The molecule has 0 fully saturated rings. The lowest BCUT2D eigenvalue weighted by Crippen LogP contribution is -1.92. The van der Waals surface area contributed by atoms with E-state index >= 15 is 0 Å². The molecule has 2 aromatic carbocycles. The minimum absolute atomic E-state index is 1.05. The molecule has 0 unspecified atom stereocenters. The quantitative estimate of drug-likeness (QED) is 0.614. The molecule has 17 heavy (non-hydrogen) atoms. The van der Waals surface area contributed by atoms with E-state index in [4.69, 9.17) is 0 Å². The van der Waals surface area contributed by atoms with E-state index in [0.717, 1.165) is 11.2 Å². The molecular weight excluding hydrogens is 208 g/mol. The molecule has 0 atom stereocenters. The number of para-hydroxylation sites is 1. The van der Waals surface area contributed by atoms with E-state index in [0.29, 0.717) is 0 Å². The van der Waals surface area contributed by atoms with Gasteiger partial charge >= 0.3 is 0 Å². The summed E-state index contributed by atoms with van der Waals surface area (Å²) in [7, 11) is 0. The molecule has 3 aromatic rings. The van der Waals surface area contributed by atoms with Crippen molar-refractivity contribution < 1.29 is 0 Å². The first-order chi connectivity index (χ1) is 8.24. The fraction of sp³-hybridized carbons (Fsp3) is 0.133. The summed E-state index contributed by atoms with van der Waals surface area (Å²) in [6.07, 6.45) is 2.08. The number of fused-ring (bicyclic) bond motifs is 1. The first kappa shape index (κ1) is 10.1. The highest BCUT2D eigenvalue weighted by Gasteiger charge is 2.04. The Morgan fingerprint density at radius 2 is 1.65 bits per heavy atom. The zero-order valence-electron chi connectivity index (χ0n) is 10.0. The minimum atomic E-state index is 1.05. The van der Waals surface area contributed by atoms with Gasteiger partial charge in [0.1, 0.15) is 0 Å². The standard InChI is InChI=1S/C15H14N2/c1-11-8-13-10-17(14-6-4-3-5-7-14)16-15(13)9-12(11)2/h3-10H,1-2H3. The molecule has 2 nitrogen and oxygen atoms in total. The van der Waals surface area contributed by atoms with Crippen LogP contribution < -0.4 is 0 Å². The van der Waals surface area contributed by atoms with Crippen molar-refractivity contribution in [3.63, 3.8) is 0 Å². The second-order valence-corrected chi connectivity index (χ2v) is 4.40. The van der Waals surface area contributed by atoms with Crippen LogP contribution in [-0.4, -0.2) is 9.78 Å². The molecule has 0 radical (unpaired) electrons. The van der Waals surface area contributed by atoms with Crippen LogP contribution in [0.15, 0.2) is 48.7 Å². The summed E-state index contributed by atoms with van der Waals surface area (Å²) >= 11 is 0. The van der Waals surface area contributed by atoms with Crippen molar-refractivity contribution in [1.82, 2.24) is 9.78 Å². The Balaban J connectivity index is 2.21. The summed E-state index contributed by atoms with van der Waals surface area (Å²) in [6.45, 7) is 4.25. The highest BCUT2D eigenvalue weighted by Crippen LogP contribution is 2.19. The number of benzene rings is 2. The van der Waals surface area contributed by atoms with Gasteiger partial charge in [0.25, 0.3) is 0 Å². The second-order valence-electron chi connectivity index (χ2n) is 4.40. The Hall–Kier alpha value is -2.09. The van der Waals surface area contributed by atoms with Crippen LogP contribution in [0, 0.1) is 13.8 Å². The van der Waals surface area contributed by atoms with Crippen LogP contribution in [0.25, 0.3) is 16.6 Å². The Bertz CT molecular complexity index is 627. The Kier molecular flexibility index (Phi) is 2.22. The van der Waals surface area contributed by atoms with E-state index in [1.807, 2.05) is 22.9 Å². The van der Waals surface area contributed by atoms with Crippen molar-refractivity contribution in [3.8, 4) is 5.69 Å². The fourth-order valence-electron chi connectivity index (χ4n) is 2.00. The van der Waals surface area contributed by atoms with Crippen molar-refractivity contribution in [1.29, 1.82) is 0 Å². The lowest BCUT2D eigenvalue weighted by molar-refractivity contribution is 0.896. The molecule has 1 heterocycles. The van der Waals surface area contributed by atoms with E-state index in [-0.39, 0.29) is 0 Å². The summed E-state index contributed by atoms with van der Waals surface area (Å²) < 4.78 is 1.93. The topological polar surface area (TPSA) is 17.8 Å². The molecule has 2 heteroatoms. The number of hydrogen-bond acceptors (Lipinski definition) is 1. The minimum Gasteiger partial charge on any atom is -0.240 e. The molecule has 0 aliphatic carbocycles. The van der Waals surface area contributed by atoms with Crippen molar-refractivity contribution in [2.75, 3.05) is 0 Å². The predicted octanol–water partition coefficient (Wildman–Crippen LogP) is 3.64. The van der Waals surface area contributed by atoms with Crippen LogP contribution in [0.5, 0.6) is 0 Å². The average Bonchev–Trinajstić information content (AvgIpc) is 2.74. The first-order valence-corrected chi connectivity index (χ1v) is 5.76. The molecule has 0 spiro atoms. The van der Waals surface area contributed by atoms with Crippen LogP contribution >= 0.6 is 0 Å². The van der Waals surface area contributed by atoms with Crippen LogP contribution in [-0.2, 0) is 0 Å². The summed E-state index contributed by atoms with van der Waals surface area (Å²) in [5.74, 6) is 0. The van der Waals surface area contributed by atoms with Gasteiger partial charge in [-0.3, -0.25) is 0 Å². The lowest BCUT2D eigenvalue weighted by Gasteiger charge is -1.98.